The molecule has 3 unspecified atom stereocenters. The lowest BCUT2D eigenvalue weighted by atomic mass is 9.58. The van der Waals surface area contributed by atoms with Crippen LogP contribution in [0.1, 0.15) is 30.0 Å². The second-order valence-electron chi connectivity index (χ2n) is 8.63. The summed E-state index contributed by atoms with van der Waals surface area (Å²) in [6.45, 7) is 0. The molecule has 3 atom stereocenters. The van der Waals surface area contributed by atoms with Gasteiger partial charge in [0.05, 0.1) is 10.7 Å². The SMILES string of the molecule is O=C(Nc1cc(Cl)c(-c2ccccc2)cc1F)C12CC3Cc4cc(=O)[nH]cc4C(C1)N32. The van der Waals surface area contributed by atoms with E-state index in [-0.39, 0.29) is 29.2 Å². The van der Waals surface area contributed by atoms with Crippen LogP contribution in [0.2, 0.25) is 5.02 Å². The van der Waals surface area contributed by atoms with Gasteiger partial charge in [0.2, 0.25) is 11.5 Å². The van der Waals surface area contributed by atoms with Gasteiger partial charge < -0.3 is 10.3 Å². The quantitative estimate of drug-likeness (QED) is 0.645. The van der Waals surface area contributed by atoms with E-state index in [0.29, 0.717) is 23.4 Å². The number of piperidine rings is 1. The van der Waals surface area contributed by atoms with Crippen LogP contribution >= 0.6 is 11.6 Å². The van der Waals surface area contributed by atoms with Crippen LogP contribution in [0.4, 0.5) is 10.1 Å². The number of amides is 1. The molecule has 0 spiro atoms. The normalized spacial score (nSPS) is 25.6. The molecule has 2 saturated heterocycles. The van der Waals surface area contributed by atoms with Crippen molar-refractivity contribution in [2.75, 3.05) is 5.32 Å². The number of rotatable bonds is 3. The molecular formula is C24H19ClFN3O2. The molecule has 0 aliphatic carbocycles. The van der Waals surface area contributed by atoms with Gasteiger partial charge >= 0.3 is 0 Å². The van der Waals surface area contributed by atoms with Crippen molar-refractivity contribution >= 4 is 23.2 Å². The molecule has 31 heavy (non-hydrogen) atoms. The minimum Gasteiger partial charge on any atom is -0.329 e. The minimum atomic E-state index is -0.611. The zero-order chi connectivity index (χ0) is 21.3. The van der Waals surface area contributed by atoms with Gasteiger partial charge in [-0.1, -0.05) is 41.9 Å². The molecule has 6 rings (SSSR count). The number of carbonyl (C=O) groups excluding carboxylic acids is 1. The van der Waals surface area contributed by atoms with Crippen molar-refractivity contribution in [2.24, 2.45) is 0 Å². The maximum Gasteiger partial charge on any atom is 0.248 e. The molecule has 5 nitrogen and oxygen atoms in total. The van der Waals surface area contributed by atoms with Crippen LogP contribution in [0.5, 0.6) is 0 Å². The number of halogens is 2. The van der Waals surface area contributed by atoms with Gasteiger partial charge in [0.15, 0.2) is 0 Å². The van der Waals surface area contributed by atoms with Crippen LogP contribution in [0.3, 0.4) is 0 Å². The third-order valence-corrected chi connectivity index (χ3v) is 7.31. The third-order valence-electron chi connectivity index (χ3n) is 7.00. The number of carbonyl (C=O) groups is 1. The van der Waals surface area contributed by atoms with Gasteiger partial charge in [0.25, 0.3) is 0 Å². The molecule has 0 bridgehead atoms. The van der Waals surface area contributed by atoms with Gasteiger partial charge in [0, 0.05) is 29.9 Å². The molecule has 4 heterocycles. The topological polar surface area (TPSA) is 65.2 Å². The van der Waals surface area contributed by atoms with Crippen molar-refractivity contribution in [1.82, 2.24) is 9.88 Å². The molecule has 2 N–H and O–H groups in total. The van der Waals surface area contributed by atoms with E-state index in [9.17, 15) is 14.0 Å². The fourth-order valence-electron chi connectivity index (χ4n) is 5.60. The molecule has 1 aromatic heterocycles. The van der Waals surface area contributed by atoms with Crippen molar-refractivity contribution in [2.45, 2.75) is 36.9 Å². The lowest BCUT2D eigenvalue weighted by molar-refractivity contribution is -0.206. The van der Waals surface area contributed by atoms with Crippen LogP contribution in [-0.2, 0) is 11.2 Å². The molecule has 2 fully saturated rings. The molecule has 156 valence electrons. The van der Waals surface area contributed by atoms with Crippen LogP contribution in [0.25, 0.3) is 11.1 Å². The standard InChI is InChI=1S/C24H19ClFN3O2/c25-18-9-20(19(26)8-16(18)13-4-2-1-3-5-13)28-23(31)24-10-15-6-14-7-22(30)27-12-17(14)21(11-24)29(15)24/h1-5,7-9,12,15,21H,6,10-11H2,(H,27,30)(H,28,31). The van der Waals surface area contributed by atoms with Crippen molar-refractivity contribution in [1.29, 1.82) is 0 Å². The number of pyridine rings is 1. The van der Waals surface area contributed by atoms with Crippen LogP contribution in [0.15, 0.2) is 59.5 Å². The Bertz CT molecular complexity index is 1290. The van der Waals surface area contributed by atoms with Crippen molar-refractivity contribution in [3.05, 3.63) is 87.0 Å². The van der Waals surface area contributed by atoms with Crippen molar-refractivity contribution in [3.8, 4) is 11.1 Å². The summed E-state index contributed by atoms with van der Waals surface area (Å²) in [6, 6.07) is 14.2. The highest BCUT2D eigenvalue weighted by Gasteiger charge is 2.69. The number of nitrogens with one attached hydrogen (secondary N) is 2. The number of aromatic nitrogens is 1. The fourth-order valence-corrected chi connectivity index (χ4v) is 5.87. The zero-order valence-corrected chi connectivity index (χ0v) is 17.2. The summed E-state index contributed by atoms with van der Waals surface area (Å²) >= 11 is 6.41. The summed E-state index contributed by atoms with van der Waals surface area (Å²) in [4.78, 5) is 29.8. The number of aromatic amines is 1. The Morgan fingerprint density at radius 1 is 1.19 bits per heavy atom. The summed E-state index contributed by atoms with van der Waals surface area (Å²) in [5.74, 6) is -0.711. The average molecular weight is 436 g/mol. The first kappa shape index (κ1) is 18.8. The Kier molecular flexibility index (Phi) is 3.95. The molecule has 1 amide bonds. The highest BCUT2D eigenvalue weighted by atomic mass is 35.5. The molecule has 3 aliphatic rings. The maximum absolute atomic E-state index is 14.8. The van der Waals surface area contributed by atoms with Gasteiger partial charge in [-0.25, -0.2) is 4.39 Å². The number of anilines is 1. The first-order valence-electron chi connectivity index (χ1n) is 10.3. The Hall–Kier alpha value is -2.96. The van der Waals surface area contributed by atoms with E-state index in [2.05, 4.69) is 15.2 Å². The highest BCUT2D eigenvalue weighted by molar-refractivity contribution is 6.33. The van der Waals surface area contributed by atoms with E-state index < -0.39 is 11.4 Å². The monoisotopic (exact) mass is 435 g/mol. The number of fused-ring (bicyclic) bond motifs is 2. The van der Waals surface area contributed by atoms with Crippen LogP contribution < -0.4 is 10.9 Å². The Morgan fingerprint density at radius 3 is 2.81 bits per heavy atom. The lowest BCUT2D eigenvalue weighted by Crippen LogP contribution is -2.80. The Balaban J connectivity index is 1.25. The average Bonchev–Trinajstić information content (AvgIpc) is 2.72. The third kappa shape index (κ3) is 2.65. The van der Waals surface area contributed by atoms with E-state index in [4.69, 9.17) is 11.6 Å². The van der Waals surface area contributed by atoms with Gasteiger partial charge in [-0.3, -0.25) is 14.5 Å². The zero-order valence-electron chi connectivity index (χ0n) is 16.5. The van der Waals surface area contributed by atoms with E-state index in [1.807, 2.05) is 30.3 Å². The van der Waals surface area contributed by atoms with Gasteiger partial charge in [-0.15, -0.1) is 0 Å². The number of hydrogen-bond donors (Lipinski definition) is 2. The summed E-state index contributed by atoms with van der Waals surface area (Å²) in [7, 11) is 0. The second kappa shape index (κ2) is 6.52. The molecular weight excluding hydrogens is 417 g/mol. The molecule has 0 saturated carbocycles. The lowest BCUT2D eigenvalue weighted by Gasteiger charge is -2.71. The molecule has 0 radical (unpaired) electrons. The summed E-state index contributed by atoms with van der Waals surface area (Å²) in [5.41, 5.74) is 2.94. The van der Waals surface area contributed by atoms with Gasteiger partial charge in [0.1, 0.15) is 11.4 Å². The molecule has 3 aliphatic heterocycles. The van der Waals surface area contributed by atoms with Crippen LogP contribution in [0, 0.1) is 5.82 Å². The van der Waals surface area contributed by atoms with Gasteiger partial charge in [-0.2, -0.15) is 0 Å². The smallest absolute Gasteiger partial charge is 0.248 e. The van der Waals surface area contributed by atoms with E-state index in [0.717, 1.165) is 23.1 Å². The van der Waals surface area contributed by atoms with Crippen LogP contribution in [-0.4, -0.2) is 27.4 Å². The molecule has 2 aromatic carbocycles. The fraction of sp³-hybridized carbons (Fsp3) is 0.250. The largest absolute Gasteiger partial charge is 0.329 e. The Labute approximate surface area is 182 Å². The number of benzene rings is 2. The van der Waals surface area contributed by atoms with E-state index >= 15 is 0 Å². The number of nitrogens with zero attached hydrogens (tertiary/aromatic N) is 1. The van der Waals surface area contributed by atoms with E-state index in [1.165, 1.54) is 12.1 Å². The number of H-pyrrole nitrogens is 1. The first-order valence-corrected chi connectivity index (χ1v) is 10.7. The predicted octanol–water partition coefficient (Wildman–Crippen LogP) is 4.29. The summed E-state index contributed by atoms with van der Waals surface area (Å²) < 4.78 is 14.8. The molecule has 3 aromatic rings. The second-order valence-corrected chi connectivity index (χ2v) is 9.04. The first-order chi connectivity index (χ1) is 15.0. The van der Waals surface area contributed by atoms with Gasteiger partial charge in [-0.05, 0) is 48.1 Å². The number of hydrogen-bond acceptors (Lipinski definition) is 3. The Morgan fingerprint density at radius 2 is 2.00 bits per heavy atom. The summed E-state index contributed by atoms with van der Waals surface area (Å²) in [6.07, 6.45) is 3.89. The molecule has 7 heteroatoms. The maximum atomic E-state index is 14.8. The highest BCUT2D eigenvalue weighted by Crippen LogP contribution is 2.61. The van der Waals surface area contributed by atoms with Crippen molar-refractivity contribution < 1.29 is 9.18 Å². The van der Waals surface area contributed by atoms with E-state index in [1.54, 1.807) is 12.3 Å². The summed E-state index contributed by atoms with van der Waals surface area (Å²) in [5, 5.41) is 3.16. The van der Waals surface area contributed by atoms with Crippen molar-refractivity contribution in [3.63, 3.8) is 0 Å². The minimum absolute atomic E-state index is 0.0951. The predicted molar refractivity (Wildman–Crippen MR) is 117 cm³/mol.